The summed E-state index contributed by atoms with van der Waals surface area (Å²) in [6.45, 7) is 3.67. The molecule has 2 rings (SSSR count). The van der Waals surface area contributed by atoms with Gasteiger partial charge in [0.1, 0.15) is 0 Å². The standard InChI is InChI=1S/C11H16N2O3/c1-2-16-11(14)9-6-12-13(7-9)10-4-3-5-15-8-10/h6-7,10H,2-5,8H2,1H3. The third-order valence-corrected chi connectivity index (χ3v) is 2.62. The number of rotatable bonds is 3. The van der Waals surface area contributed by atoms with Crippen molar-refractivity contribution in [2.75, 3.05) is 19.8 Å². The third-order valence-electron chi connectivity index (χ3n) is 2.62. The van der Waals surface area contributed by atoms with Crippen molar-refractivity contribution in [2.24, 2.45) is 0 Å². The van der Waals surface area contributed by atoms with Gasteiger partial charge in [0.15, 0.2) is 0 Å². The molecule has 0 aromatic carbocycles. The number of carbonyl (C=O) groups excluding carboxylic acids is 1. The fourth-order valence-corrected chi connectivity index (χ4v) is 1.79. The lowest BCUT2D eigenvalue weighted by Crippen LogP contribution is -2.21. The third kappa shape index (κ3) is 2.41. The van der Waals surface area contributed by atoms with Crippen LogP contribution in [0.4, 0.5) is 0 Å². The molecular weight excluding hydrogens is 208 g/mol. The zero-order valence-corrected chi connectivity index (χ0v) is 9.39. The molecule has 1 saturated heterocycles. The van der Waals surface area contributed by atoms with Gasteiger partial charge < -0.3 is 9.47 Å². The van der Waals surface area contributed by atoms with Crippen LogP contribution in [0, 0.1) is 0 Å². The zero-order valence-electron chi connectivity index (χ0n) is 9.39. The van der Waals surface area contributed by atoms with E-state index in [9.17, 15) is 4.79 Å². The number of esters is 1. The highest BCUT2D eigenvalue weighted by Gasteiger charge is 2.18. The summed E-state index contributed by atoms with van der Waals surface area (Å²) in [7, 11) is 0. The second kappa shape index (κ2) is 5.12. The minimum Gasteiger partial charge on any atom is -0.462 e. The molecule has 5 nitrogen and oxygen atoms in total. The molecule has 0 aliphatic carbocycles. The summed E-state index contributed by atoms with van der Waals surface area (Å²) in [5.74, 6) is -0.314. The van der Waals surface area contributed by atoms with Crippen LogP contribution in [0.25, 0.3) is 0 Å². The molecule has 1 aromatic heterocycles. The van der Waals surface area contributed by atoms with Crippen LogP contribution in [0.2, 0.25) is 0 Å². The van der Waals surface area contributed by atoms with E-state index in [0.29, 0.717) is 18.8 Å². The molecule has 0 bridgehead atoms. The maximum Gasteiger partial charge on any atom is 0.341 e. The van der Waals surface area contributed by atoms with Gasteiger partial charge in [-0.15, -0.1) is 0 Å². The Bertz CT molecular complexity index is 356. The first-order valence-electron chi connectivity index (χ1n) is 5.60. The van der Waals surface area contributed by atoms with Gasteiger partial charge in [-0.25, -0.2) is 4.79 Å². The summed E-state index contributed by atoms with van der Waals surface area (Å²) < 4.78 is 12.1. The Morgan fingerprint density at radius 2 is 2.62 bits per heavy atom. The number of carbonyl (C=O) groups is 1. The van der Waals surface area contributed by atoms with Crippen molar-refractivity contribution < 1.29 is 14.3 Å². The van der Waals surface area contributed by atoms with Crippen LogP contribution < -0.4 is 0 Å². The molecule has 1 aliphatic heterocycles. The molecule has 1 unspecified atom stereocenters. The summed E-state index contributed by atoms with van der Waals surface area (Å²) in [4.78, 5) is 11.4. The van der Waals surface area contributed by atoms with E-state index < -0.39 is 0 Å². The molecule has 1 aliphatic rings. The van der Waals surface area contributed by atoms with E-state index in [1.165, 1.54) is 0 Å². The molecule has 0 amide bonds. The molecule has 88 valence electrons. The molecule has 0 radical (unpaired) electrons. The first-order valence-corrected chi connectivity index (χ1v) is 5.60. The van der Waals surface area contributed by atoms with Crippen molar-refractivity contribution in [3.8, 4) is 0 Å². The average molecular weight is 224 g/mol. The molecule has 1 aromatic rings. The molecule has 0 saturated carbocycles. The van der Waals surface area contributed by atoms with Gasteiger partial charge in [-0.2, -0.15) is 5.10 Å². The quantitative estimate of drug-likeness (QED) is 0.728. The van der Waals surface area contributed by atoms with E-state index >= 15 is 0 Å². The second-order valence-electron chi connectivity index (χ2n) is 3.80. The van der Waals surface area contributed by atoms with Crippen molar-refractivity contribution in [2.45, 2.75) is 25.8 Å². The zero-order chi connectivity index (χ0) is 11.4. The lowest BCUT2D eigenvalue weighted by atomic mass is 10.1. The van der Waals surface area contributed by atoms with Gasteiger partial charge in [0.2, 0.25) is 0 Å². The van der Waals surface area contributed by atoms with Crippen molar-refractivity contribution in [1.29, 1.82) is 0 Å². The lowest BCUT2D eigenvalue weighted by Gasteiger charge is -2.22. The molecule has 1 fully saturated rings. The van der Waals surface area contributed by atoms with Crippen molar-refractivity contribution in [3.05, 3.63) is 18.0 Å². The van der Waals surface area contributed by atoms with Crippen molar-refractivity contribution in [3.63, 3.8) is 0 Å². The van der Waals surface area contributed by atoms with Crippen molar-refractivity contribution in [1.82, 2.24) is 9.78 Å². The number of hydrogen-bond acceptors (Lipinski definition) is 4. The highest BCUT2D eigenvalue weighted by Crippen LogP contribution is 2.18. The smallest absolute Gasteiger partial charge is 0.341 e. The number of ether oxygens (including phenoxy) is 2. The van der Waals surface area contributed by atoms with E-state index in [1.54, 1.807) is 24.0 Å². The fourth-order valence-electron chi connectivity index (χ4n) is 1.79. The minimum atomic E-state index is -0.314. The topological polar surface area (TPSA) is 53.3 Å². The fraction of sp³-hybridized carbons (Fsp3) is 0.636. The van der Waals surface area contributed by atoms with E-state index in [0.717, 1.165) is 19.4 Å². The minimum absolute atomic E-state index is 0.247. The van der Waals surface area contributed by atoms with Crippen LogP contribution in [-0.2, 0) is 9.47 Å². The van der Waals surface area contributed by atoms with E-state index in [1.807, 2.05) is 0 Å². The molecule has 2 heterocycles. The van der Waals surface area contributed by atoms with Gasteiger partial charge in [-0.3, -0.25) is 4.68 Å². The number of aromatic nitrogens is 2. The maximum absolute atomic E-state index is 11.4. The van der Waals surface area contributed by atoms with E-state index in [-0.39, 0.29) is 12.0 Å². The first-order chi connectivity index (χ1) is 7.81. The average Bonchev–Trinajstić information content (AvgIpc) is 2.80. The van der Waals surface area contributed by atoms with E-state index in [2.05, 4.69) is 5.10 Å². The van der Waals surface area contributed by atoms with Gasteiger partial charge in [0.25, 0.3) is 0 Å². The summed E-state index contributed by atoms with van der Waals surface area (Å²) in [5.41, 5.74) is 0.507. The highest BCUT2D eigenvalue weighted by molar-refractivity contribution is 5.88. The Morgan fingerprint density at radius 3 is 3.31 bits per heavy atom. The molecular formula is C11H16N2O3. The molecule has 16 heavy (non-hydrogen) atoms. The normalized spacial score (nSPS) is 20.7. The largest absolute Gasteiger partial charge is 0.462 e. The Labute approximate surface area is 94.3 Å². The maximum atomic E-state index is 11.4. The summed E-state index contributed by atoms with van der Waals surface area (Å²) in [6.07, 6.45) is 5.37. The second-order valence-corrected chi connectivity index (χ2v) is 3.80. The first kappa shape index (κ1) is 11.1. The Kier molecular flexibility index (Phi) is 3.56. The molecule has 0 spiro atoms. The predicted molar refractivity (Wildman–Crippen MR) is 57.3 cm³/mol. The van der Waals surface area contributed by atoms with Gasteiger partial charge in [-0.05, 0) is 19.8 Å². The monoisotopic (exact) mass is 224 g/mol. The SMILES string of the molecule is CCOC(=O)c1cnn(C2CCCOC2)c1. The van der Waals surface area contributed by atoms with Gasteiger partial charge >= 0.3 is 5.97 Å². The van der Waals surface area contributed by atoms with Crippen LogP contribution in [0.15, 0.2) is 12.4 Å². The molecule has 5 heteroatoms. The lowest BCUT2D eigenvalue weighted by molar-refractivity contribution is 0.0516. The molecule has 0 N–H and O–H groups in total. The number of hydrogen-bond donors (Lipinski definition) is 0. The van der Waals surface area contributed by atoms with Gasteiger partial charge in [0, 0.05) is 12.8 Å². The van der Waals surface area contributed by atoms with Crippen LogP contribution in [-0.4, -0.2) is 35.6 Å². The van der Waals surface area contributed by atoms with Crippen LogP contribution in [0.5, 0.6) is 0 Å². The van der Waals surface area contributed by atoms with Crippen LogP contribution in [0.1, 0.15) is 36.2 Å². The van der Waals surface area contributed by atoms with Crippen LogP contribution >= 0.6 is 0 Å². The highest BCUT2D eigenvalue weighted by atomic mass is 16.5. The summed E-state index contributed by atoms with van der Waals surface area (Å²) in [5, 5.41) is 4.18. The van der Waals surface area contributed by atoms with Gasteiger partial charge in [-0.1, -0.05) is 0 Å². The Morgan fingerprint density at radius 1 is 1.75 bits per heavy atom. The Balaban J connectivity index is 2.03. The van der Waals surface area contributed by atoms with Crippen LogP contribution in [0.3, 0.4) is 0 Å². The van der Waals surface area contributed by atoms with Gasteiger partial charge in [0.05, 0.1) is 31.0 Å². The Hall–Kier alpha value is -1.36. The summed E-state index contributed by atoms with van der Waals surface area (Å²) in [6, 6.07) is 0.247. The molecule has 1 atom stereocenters. The number of nitrogens with zero attached hydrogens (tertiary/aromatic N) is 2. The predicted octanol–water partition coefficient (Wildman–Crippen LogP) is 1.41. The van der Waals surface area contributed by atoms with E-state index in [4.69, 9.17) is 9.47 Å². The van der Waals surface area contributed by atoms with Crippen molar-refractivity contribution >= 4 is 5.97 Å². The summed E-state index contributed by atoms with van der Waals surface area (Å²) >= 11 is 0.